The number of nitrogens with two attached hydrogens (primary N) is 1. The normalized spacial score (nSPS) is 21.7. The highest BCUT2D eigenvalue weighted by molar-refractivity contribution is 6.11. The van der Waals surface area contributed by atoms with Crippen molar-refractivity contribution in [2.24, 2.45) is 5.73 Å². The van der Waals surface area contributed by atoms with Crippen molar-refractivity contribution in [2.45, 2.75) is 18.1 Å². The van der Waals surface area contributed by atoms with E-state index in [2.05, 4.69) is 10.3 Å². The van der Waals surface area contributed by atoms with E-state index in [4.69, 9.17) is 19.6 Å². The number of halogens is 3. The first-order chi connectivity index (χ1) is 16.3. The standard InChI is InChI=1S/C23H17F3N4O4/c24-23(25,26)19-4-3-12(34-19)9-30-16-2-1-5-28-20(16)22(21(30)31)10-29-15(8-27)13-6-17-18(7-14(13)22)33-11-32-17/h1-8,29H,9-11,27H2/b15-8-. The molecule has 2 aromatic heterocycles. The van der Waals surface area contributed by atoms with Crippen LogP contribution in [0.1, 0.15) is 28.3 Å². The van der Waals surface area contributed by atoms with Crippen LogP contribution in [0.3, 0.4) is 0 Å². The van der Waals surface area contributed by atoms with Gasteiger partial charge in [-0.1, -0.05) is 0 Å². The summed E-state index contributed by atoms with van der Waals surface area (Å²) in [6.45, 7) is 0.0120. The van der Waals surface area contributed by atoms with Gasteiger partial charge in [-0.3, -0.25) is 9.78 Å². The lowest BCUT2D eigenvalue weighted by molar-refractivity contribution is -0.153. The van der Waals surface area contributed by atoms with Crippen molar-refractivity contribution in [3.8, 4) is 11.5 Å². The fourth-order valence-electron chi connectivity index (χ4n) is 4.80. The molecule has 0 aliphatic carbocycles. The molecule has 1 amide bonds. The number of alkyl halides is 3. The molecule has 3 aliphatic heterocycles. The van der Waals surface area contributed by atoms with Crippen LogP contribution in [-0.4, -0.2) is 24.2 Å². The number of pyridine rings is 1. The van der Waals surface area contributed by atoms with E-state index in [1.165, 1.54) is 17.2 Å². The number of hydrogen-bond donors (Lipinski definition) is 2. The van der Waals surface area contributed by atoms with Crippen LogP contribution in [0.2, 0.25) is 0 Å². The zero-order valence-corrected chi connectivity index (χ0v) is 17.5. The number of nitrogens with zero attached hydrogens (tertiary/aromatic N) is 2. The Hall–Kier alpha value is -4.15. The monoisotopic (exact) mass is 470 g/mol. The largest absolute Gasteiger partial charge is 0.455 e. The Morgan fingerprint density at radius 1 is 1.21 bits per heavy atom. The zero-order valence-electron chi connectivity index (χ0n) is 17.5. The molecule has 5 heterocycles. The number of amides is 1. The van der Waals surface area contributed by atoms with E-state index in [0.29, 0.717) is 39.7 Å². The van der Waals surface area contributed by atoms with Crippen LogP contribution >= 0.6 is 0 Å². The summed E-state index contributed by atoms with van der Waals surface area (Å²) in [6.07, 6.45) is -1.63. The van der Waals surface area contributed by atoms with Gasteiger partial charge in [-0.25, -0.2) is 0 Å². The number of furan rings is 1. The van der Waals surface area contributed by atoms with Gasteiger partial charge < -0.3 is 29.8 Å². The number of nitrogens with one attached hydrogen (secondary N) is 1. The van der Waals surface area contributed by atoms with Crippen molar-refractivity contribution in [3.05, 3.63) is 77.1 Å². The van der Waals surface area contributed by atoms with Gasteiger partial charge in [0.15, 0.2) is 11.5 Å². The van der Waals surface area contributed by atoms with Crippen molar-refractivity contribution in [1.82, 2.24) is 10.3 Å². The number of hydrogen-bond acceptors (Lipinski definition) is 7. The fraction of sp³-hybridized carbons (Fsp3) is 0.217. The molecule has 1 aromatic carbocycles. The van der Waals surface area contributed by atoms with Crippen molar-refractivity contribution in [2.75, 3.05) is 18.2 Å². The number of ether oxygens (including phenoxy) is 2. The summed E-state index contributed by atoms with van der Waals surface area (Å²) in [5.74, 6) is -0.457. The Morgan fingerprint density at radius 2 is 2.00 bits per heavy atom. The Balaban J connectivity index is 1.50. The van der Waals surface area contributed by atoms with Gasteiger partial charge in [0, 0.05) is 24.5 Å². The van der Waals surface area contributed by atoms with Crippen molar-refractivity contribution < 1.29 is 31.9 Å². The average molecular weight is 470 g/mol. The molecule has 11 heteroatoms. The molecule has 6 rings (SSSR count). The van der Waals surface area contributed by atoms with Gasteiger partial charge in [-0.2, -0.15) is 13.2 Å². The molecule has 0 fully saturated rings. The van der Waals surface area contributed by atoms with Crippen LogP contribution in [0.25, 0.3) is 5.70 Å². The second-order valence-corrected chi connectivity index (χ2v) is 8.12. The van der Waals surface area contributed by atoms with Crippen LogP contribution in [0.4, 0.5) is 18.9 Å². The molecule has 3 N–H and O–H groups in total. The maximum Gasteiger partial charge on any atom is 0.449 e. The van der Waals surface area contributed by atoms with Gasteiger partial charge in [0.25, 0.3) is 0 Å². The molecule has 3 aliphatic rings. The highest BCUT2D eigenvalue weighted by atomic mass is 19.4. The van der Waals surface area contributed by atoms with Gasteiger partial charge in [0.05, 0.1) is 23.6 Å². The molecular formula is C23H17F3N4O4. The van der Waals surface area contributed by atoms with E-state index >= 15 is 0 Å². The van der Waals surface area contributed by atoms with Crippen LogP contribution < -0.4 is 25.4 Å². The van der Waals surface area contributed by atoms with Crippen LogP contribution in [0, 0.1) is 0 Å². The topological polar surface area (TPSA) is 103 Å². The summed E-state index contributed by atoms with van der Waals surface area (Å²) >= 11 is 0. The number of rotatable bonds is 2. The van der Waals surface area contributed by atoms with Gasteiger partial charge >= 0.3 is 6.18 Å². The summed E-state index contributed by atoms with van der Waals surface area (Å²) in [5, 5.41) is 3.21. The van der Waals surface area contributed by atoms with Crippen molar-refractivity contribution in [1.29, 1.82) is 0 Å². The van der Waals surface area contributed by atoms with Gasteiger partial charge in [0.1, 0.15) is 11.2 Å². The smallest absolute Gasteiger partial charge is 0.449 e. The van der Waals surface area contributed by atoms with E-state index < -0.39 is 17.4 Å². The third kappa shape index (κ3) is 2.72. The first-order valence-electron chi connectivity index (χ1n) is 10.4. The number of aromatic nitrogens is 1. The molecule has 34 heavy (non-hydrogen) atoms. The lowest BCUT2D eigenvalue weighted by atomic mass is 9.72. The fourth-order valence-corrected chi connectivity index (χ4v) is 4.80. The van der Waals surface area contributed by atoms with Gasteiger partial charge in [-0.15, -0.1) is 0 Å². The minimum Gasteiger partial charge on any atom is -0.455 e. The SMILES string of the molecule is N/C=C1\NCC2(C(=O)N(Cc3ccc(C(F)(F)F)o3)c3cccnc32)c2cc3c(cc21)OCO3. The lowest BCUT2D eigenvalue weighted by Crippen LogP contribution is -2.51. The zero-order chi connectivity index (χ0) is 23.7. The summed E-state index contributed by atoms with van der Waals surface area (Å²) < 4.78 is 55.1. The highest BCUT2D eigenvalue weighted by Crippen LogP contribution is 2.51. The minimum absolute atomic E-state index is 0.00440. The Kier molecular flexibility index (Phi) is 4.17. The Morgan fingerprint density at radius 3 is 2.74 bits per heavy atom. The lowest BCUT2D eigenvalue weighted by Gasteiger charge is -2.36. The molecule has 1 unspecified atom stereocenters. The average Bonchev–Trinajstić information content (AvgIpc) is 3.53. The van der Waals surface area contributed by atoms with E-state index in [9.17, 15) is 18.0 Å². The Bertz CT molecular complexity index is 1370. The maximum absolute atomic E-state index is 14.1. The Labute approximate surface area is 190 Å². The summed E-state index contributed by atoms with van der Waals surface area (Å²) in [7, 11) is 0. The van der Waals surface area contributed by atoms with E-state index in [1.807, 2.05) is 0 Å². The van der Waals surface area contributed by atoms with Crippen molar-refractivity contribution in [3.63, 3.8) is 0 Å². The number of fused-ring (bicyclic) bond motifs is 5. The first-order valence-corrected chi connectivity index (χ1v) is 10.4. The molecule has 1 atom stereocenters. The van der Waals surface area contributed by atoms with Gasteiger partial charge in [-0.05, 0) is 42.0 Å². The molecule has 1 spiro atoms. The molecule has 0 radical (unpaired) electrons. The second-order valence-electron chi connectivity index (χ2n) is 8.12. The number of benzene rings is 1. The molecule has 0 saturated carbocycles. The first kappa shape index (κ1) is 20.5. The maximum atomic E-state index is 14.1. The number of anilines is 1. The molecular weight excluding hydrogens is 453 g/mol. The predicted octanol–water partition coefficient (Wildman–Crippen LogP) is 3.12. The summed E-state index contributed by atoms with van der Waals surface area (Å²) in [6, 6.07) is 8.96. The molecule has 0 bridgehead atoms. The molecule has 174 valence electrons. The summed E-state index contributed by atoms with van der Waals surface area (Å²) in [4.78, 5) is 20.0. The molecule has 8 nitrogen and oxygen atoms in total. The molecule has 3 aromatic rings. The summed E-state index contributed by atoms with van der Waals surface area (Å²) in [5.41, 5.74) is 7.44. The van der Waals surface area contributed by atoms with E-state index in [-0.39, 0.29) is 31.5 Å². The minimum atomic E-state index is -4.62. The molecule has 0 saturated heterocycles. The van der Waals surface area contributed by atoms with Crippen LogP contribution in [0.5, 0.6) is 11.5 Å². The quantitative estimate of drug-likeness (QED) is 0.593. The van der Waals surface area contributed by atoms with E-state index in [1.54, 1.807) is 30.5 Å². The third-order valence-corrected chi connectivity index (χ3v) is 6.32. The number of carbonyl (C=O) groups is 1. The van der Waals surface area contributed by atoms with Crippen LogP contribution in [-0.2, 0) is 22.9 Å². The number of carbonyl (C=O) groups excluding carboxylic acids is 1. The van der Waals surface area contributed by atoms with Gasteiger partial charge in [0.2, 0.25) is 18.5 Å². The third-order valence-electron chi connectivity index (χ3n) is 6.32. The highest BCUT2D eigenvalue weighted by Gasteiger charge is 2.56. The van der Waals surface area contributed by atoms with E-state index in [0.717, 1.165) is 6.07 Å². The van der Waals surface area contributed by atoms with Crippen LogP contribution in [0.15, 0.2) is 53.2 Å². The van der Waals surface area contributed by atoms with Crippen molar-refractivity contribution >= 4 is 17.3 Å². The predicted molar refractivity (Wildman–Crippen MR) is 113 cm³/mol. The second kappa shape index (κ2) is 6.92.